The summed E-state index contributed by atoms with van der Waals surface area (Å²) in [6.45, 7) is 0.967. The van der Waals surface area contributed by atoms with Gasteiger partial charge in [-0.15, -0.1) is 0 Å². The summed E-state index contributed by atoms with van der Waals surface area (Å²) in [4.78, 5) is 13.8. The van der Waals surface area contributed by atoms with Gasteiger partial charge in [-0.2, -0.15) is 0 Å². The first kappa shape index (κ1) is 14.0. The topological polar surface area (TPSA) is 49.8 Å². The van der Waals surface area contributed by atoms with Crippen molar-refractivity contribution >= 4 is 5.91 Å². The SMILES string of the molecule is O=C(COCc1ccccc1)N(CCO)C1CCC1. The number of hydrogen-bond donors (Lipinski definition) is 1. The highest BCUT2D eigenvalue weighted by atomic mass is 16.5. The van der Waals surface area contributed by atoms with E-state index in [2.05, 4.69) is 0 Å². The van der Waals surface area contributed by atoms with Crippen molar-refractivity contribution in [3.05, 3.63) is 35.9 Å². The first-order chi connectivity index (χ1) is 9.31. The minimum absolute atomic E-state index is 0.0148. The number of nitrogens with zero attached hydrogens (tertiary/aromatic N) is 1. The smallest absolute Gasteiger partial charge is 0.248 e. The number of hydrogen-bond acceptors (Lipinski definition) is 3. The summed E-state index contributed by atoms with van der Waals surface area (Å²) in [5.41, 5.74) is 1.06. The highest BCUT2D eigenvalue weighted by Gasteiger charge is 2.28. The number of ether oxygens (including phenoxy) is 1. The van der Waals surface area contributed by atoms with Gasteiger partial charge < -0.3 is 14.7 Å². The van der Waals surface area contributed by atoms with Crippen LogP contribution in [0.1, 0.15) is 24.8 Å². The van der Waals surface area contributed by atoms with Crippen LogP contribution in [0.2, 0.25) is 0 Å². The second kappa shape index (κ2) is 7.26. The molecule has 1 N–H and O–H groups in total. The van der Waals surface area contributed by atoms with Gasteiger partial charge in [-0.05, 0) is 24.8 Å². The molecule has 0 heterocycles. The summed E-state index contributed by atoms with van der Waals surface area (Å²) in [6, 6.07) is 10.1. The Morgan fingerprint density at radius 3 is 2.63 bits per heavy atom. The van der Waals surface area contributed by atoms with E-state index in [-0.39, 0.29) is 19.1 Å². The van der Waals surface area contributed by atoms with Crippen LogP contribution in [0.4, 0.5) is 0 Å². The van der Waals surface area contributed by atoms with E-state index in [1.54, 1.807) is 4.90 Å². The Balaban J connectivity index is 1.75. The molecular weight excluding hydrogens is 242 g/mol. The molecule has 0 unspecified atom stereocenters. The molecule has 0 bridgehead atoms. The Labute approximate surface area is 114 Å². The van der Waals surface area contributed by atoms with E-state index in [9.17, 15) is 4.79 Å². The zero-order valence-electron chi connectivity index (χ0n) is 11.1. The van der Waals surface area contributed by atoms with Crippen LogP contribution >= 0.6 is 0 Å². The van der Waals surface area contributed by atoms with Crippen LogP contribution in [-0.2, 0) is 16.1 Å². The lowest BCUT2D eigenvalue weighted by Crippen LogP contribution is -2.47. The summed E-state index contributed by atoms with van der Waals surface area (Å²) in [7, 11) is 0. The standard InChI is InChI=1S/C15H21NO3/c17-10-9-16(14-7-4-8-14)15(18)12-19-11-13-5-2-1-3-6-13/h1-3,5-6,14,17H,4,7-12H2. The Morgan fingerprint density at radius 2 is 2.05 bits per heavy atom. The van der Waals surface area contributed by atoms with Crippen molar-refractivity contribution in [2.45, 2.75) is 31.9 Å². The van der Waals surface area contributed by atoms with Crippen LogP contribution in [0.25, 0.3) is 0 Å². The number of carbonyl (C=O) groups is 1. The van der Waals surface area contributed by atoms with Crippen molar-refractivity contribution < 1.29 is 14.6 Å². The van der Waals surface area contributed by atoms with Crippen LogP contribution < -0.4 is 0 Å². The predicted octanol–water partition coefficient (Wildman–Crippen LogP) is 1.58. The van der Waals surface area contributed by atoms with E-state index in [4.69, 9.17) is 9.84 Å². The van der Waals surface area contributed by atoms with Crippen molar-refractivity contribution in [1.29, 1.82) is 0 Å². The monoisotopic (exact) mass is 263 g/mol. The predicted molar refractivity (Wildman–Crippen MR) is 72.5 cm³/mol. The molecular formula is C15H21NO3. The first-order valence-electron chi connectivity index (χ1n) is 6.83. The molecule has 0 saturated heterocycles. The lowest BCUT2D eigenvalue weighted by atomic mass is 9.91. The van der Waals surface area contributed by atoms with Gasteiger partial charge in [0.2, 0.25) is 5.91 Å². The van der Waals surface area contributed by atoms with E-state index < -0.39 is 0 Å². The molecule has 0 spiro atoms. The van der Waals surface area contributed by atoms with E-state index in [1.807, 2.05) is 30.3 Å². The number of amides is 1. The van der Waals surface area contributed by atoms with Gasteiger partial charge >= 0.3 is 0 Å². The van der Waals surface area contributed by atoms with Gasteiger partial charge in [-0.3, -0.25) is 4.79 Å². The van der Waals surface area contributed by atoms with Gasteiger partial charge in [0.15, 0.2) is 0 Å². The zero-order valence-corrected chi connectivity index (χ0v) is 11.1. The van der Waals surface area contributed by atoms with Crippen molar-refractivity contribution in [2.24, 2.45) is 0 Å². The second-order valence-corrected chi connectivity index (χ2v) is 4.87. The number of benzene rings is 1. The molecule has 0 aromatic heterocycles. The van der Waals surface area contributed by atoms with Crippen LogP contribution in [0.3, 0.4) is 0 Å². The fourth-order valence-electron chi connectivity index (χ4n) is 2.23. The fraction of sp³-hybridized carbons (Fsp3) is 0.533. The average molecular weight is 263 g/mol. The lowest BCUT2D eigenvalue weighted by molar-refractivity contribution is -0.141. The number of rotatable bonds is 7. The second-order valence-electron chi connectivity index (χ2n) is 4.87. The number of aliphatic hydroxyl groups excluding tert-OH is 1. The molecule has 1 fully saturated rings. The summed E-state index contributed by atoms with van der Waals surface area (Å²) < 4.78 is 5.45. The van der Waals surface area contributed by atoms with Crippen LogP contribution in [0, 0.1) is 0 Å². The third-order valence-corrected chi connectivity index (χ3v) is 3.51. The molecule has 1 aromatic rings. The molecule has 1 aliphatic rings. The minimum atomic E-state index is -0.0188. The number of aliphatic hydroxyl groups is 1. The molecule has 4 nitrogen and oxygen atoms in total. The van der Waals surface area contributed by atoms with Crippen LogP contribution in [0.15, 0.2) is 30.3 Å². The molecule has 1 aromatic carbocycles. The Kier molecular flexibility index (Phi) is 5.36. The van der Waals surface area contributed by atoms with E-state index in [1.165, 1.54) is 6.42 Å². The molecule has 0 aliphatic heterocycles. The van der Waals surface area contributed by atoms with Gasteiger partial charge in [0.25, 0.3) is 0 Å². The third kappa shape index (κ3) is 4.04. The molecule has 0 radical (unpaired) electrons. The zero-order chi connectivity index (χ0) is 13.5. The van der Waals surface area contributed by atoms with Gasteiger partial charge in [0.1, 0.15) is 6.61 Å². The van der Waals surface area contributed by atoms with Gasteiger partial charge in [0, 0.05) is 12.6 Å². The van der Waals surface area contributed by atoms with E-state index in [0.717, 1.165) is 18.4 Å². The van der Waals surface area contributed by atoms with Crippen LogP contribution in [-0.4, -0.2) is 41.7 Å². The van der Waals surface area contributed by atoms with E-state index in [0.29, 0.717) is 19.2 Å². The maximum atomic E-state index is 12.0. The van der Waals surface area contributed by atoms with Gasteiger partial charge in [-0.25, -0.2) is 0 Å². The molecule has 2 rings (SSSR count). The Hall–Kier alpha value is -1.39. The minimum Gasteiger partial charge on any atom is -0.395 e. The molecule has 1 amide bonds. The van der Waals surface area contributed by atoms with Crippen molar-refractivity contribution in [1.82, 2.24) is 4.90 Å². The largest absolute Gasteiger partial charge is 0.395 e. The summed E-state index contributed by atoms with van der Waals surface area (Å²) in [5.74, 6) is -0.0188. The van der Waals surface area contributed by atoms with Crippen molar-refractivity contribution in [3.8, 4) is 0 Å². The summed E-state index contributed by atoms with van der Waals surface area (Å²) >= 11 is 0. The van der Waals surface area contributed by atoms with Crippen molar-refractivity contribution in [2.75, 3.05) is 19.8 Å². The highest BCUT2D eigenvalue weighted by molar-refractivity contribution is 5.77. The molecule has 104 valence electrons. The Morgan fingerprint density at radius 1 is 1.32 bits per heavy atom. The summed E-state index contributed by atoms with van der Waals surface area (Å²) in [6.07, 6.45) is 3.26. The molecule has 19 heavy (non-hydrogen) atoms. The maximum Gasteiger partial charge on any atom is 0.248 e. The van der Waals surface area contributed by atoms with Crippen molar-refractivity contribution in [3.63, 3.8) is 0 Å². The normalized spacial score (nSPS) is 15.0. The lowest BCUT2D eigenvalue weighted by Gasteiger charge is -2.37. The van der Waals surface area contributed by atoms with Crippen LogP contribution in [0.5, 0.6) is 0 Å². The molecule has 4 heteroatoms. The quantitative estimate of drug-likeness (QED) is 0.812. The summed E-state index contributed by atoms with van der Waals surface area (Å²) in [5, 5.41) is 9.02. The molecule has 1 aliphatic carbocycles. The fourth-order valence-corrected chi connectivity index (χ4v) is 2.23. The highest BCUT2D eigenvalue weighted by Crippen LogP contribution is 2.24. The van der Waals surface area contributed by atoms with Gasteiger partial charge in [-0.1, -0.05) is 30.3 Å². The average Bonchev–Trinajstić information content (AvgIpc) is 2.37. The Bertz CT molecular complexity index is 390. The van der Waals surface area contributed by atoms with E-state index >= 15 is 0 Å². The maximum absolute atomic E-state index is 12.0. The molecule has 0 atom stereocenters. The van der Waals surface area contributed by atoms with Gasteiger partial charge in [0.05, 0.1) is 13.2 Å². The number of carbonyl (C=O) groups excluding carboxylic acids is 1. The first-order valence-corrected chi connectivity index (χ1v) is 6.83. The molecule has 1 saturated carbocycles. The third-order valence-electron chi connectivity index (χ3n) is 3.51.